The number of morpholine rings is 1. The first-order valence-electron chi connectivity index (χ1n) is 8.48. The minimum absolute atomic E-state index is 0.0185. The van der Waals surface area contributed by atoms with Gasteiger partial charge in [0.1, 0.15) is 0 Å². The molecule has 0 saturated carbocycles. The highest BCUT2D eigenvalue weighted by molar-refractivity contribution is 7.89. The van der Waals surface area contributed by atoms with Crippen LogP contribution in [0, 0.1) is 6.92 Å². The average Bonchev–Trinajstić information content (AvgIpc) is 2.67. The SMILES string of the molecule is Cc1ccc(C(=O)CNc2ccc(S(=O)(=O)N3CCOCC3)cc2)cc1. The number of nitrogens with one attached hydrogen (secondary N) is 1. The molecule has 0 amide bonds. The number of benzene rings is 2. The Morgan fingerprint density at radius 3 is 2.27 bits per heavy atom. The second kappa shape index (κ2) is 7.99. The smallest absolute Gasteiger partial charge is 0.243 e. The maximum absolute atomic E-state index is 12.6. The third-order valence-electron chi connectivity index (χ3n) is 4.29. The lowest BCUT2D eigenvalue weighted by atomic mass is 10.1. The molecule has 1 aliphatic heterocycles. The summed E-state index contributed by atoms with van der Waals surface area (Å²) in [7, 11) is -3.50. The minimum atomic E-state index is -3.50. The van der Waals surface area contributed by atoms with E-state index in [1.54, 1.807) is 36.4 Å². The van der Waals surface area contributed by atoms with E-state index in [9.17, 15) is 13.2 Å². The van der Waals surface area contributed by atoms with Crippen molar-refractivity contribution in [1.82, 2.24) is 4.31 Å². The third kappa shape index (κ3) is 4.30. The summed E-state index contributed by atoms with van der Waals surface area (Å²) in [6.45, 7) is 3.69. The number of aryl methyl sites for hydroxylation is 1. The van der Waals surface area contributed by atoms with E-state index >= 15 is 0 Å². The average molecular weight is 374 g/mol. The maximum Gasteiger partial charge on any atom is 0.243 e. The number of ketones is 1. The monoisotopic (exact) mass is 374 g/mol. The van der Waals surface area contributed by atoms with Gasteiger partial charge in [0.25, 0.3) is 0 Å². The van der Waals surface area contributed by atoms with Gasteiger partial charge in [-0.25, -0.2) is 8.42 Å². The lowest BCUT2D eigenvalue weighted by Gasteiger charge is -2.26. The Bertz CT molecular complexity index is 855. The van der Waals surface area contributed by atoms with Crippen LogP contribution in [0.4, 0.5) is 5.69 Å². The van der Waals surface area contributed by atoms with Crippen molar-refractivity contribution >= 4 is 21.5 Å². The normalized spacial score (nSPS) is 15.6. The Hall–Kier alpha value is -2.22. The van der Waals surface area contributed by atoms with Crippen molar-refractivity contribution in [3.05, 3.63) is 59.7 Å². The molecule has 26 heavy (non-hydrogen) atoms. The maximum atomic E-state index is 12.6. The molecule has 1 aliphatic rings. The molecule has 7 heteroatoms. The molecule has 2 aromatic rings. The number of nitrogens with zero attached hydrogens (tertiary/aromatic N) is 1. The van der Waals surface area contributed by atoms with Crippen molar-refractivity contribution in [3.63, 3.8) is 0 Å². The Labute approximate surface area is 153 Å². The zero-order valence-electron chi connectivity index (χ0n) is 14.6. The Balaban J connectivity index is 1.62. The number of Topliss-reactive ketones (excluding diaryl/α,β-unsaturated/α-hetero) is 1. The highest BCUT2D eigenvalue weighted by Crippen LogP contribution is 2.19. The van der Waals surface area contributed by atoms with E-state index in [-0.39, 0.29) is 17.2 Å². The van der Waals surface area contributed by atoms with Crippen LogP contribution in [0.2, 0.25) is 0 Å². The number of hydrogen-bond acceptors (Lipinski definition) is 5. The van der Waals surface area contributed by atoms with Gasteiger partial charge in [-0.2, -0.15) is 4.31 Å². The molecule has 3 rings (SSSR count). The van der Waals surface area contributed by atoms with Gasteiger partial charge in [0.05, 0.1) is 24.7 Å². The first-order valence-corrected chi connectivity index (χ1v) is 9.92. The Kier molecular flexibility index (Phi) is 5.70. The minimum Gasteiger partial charge on any atom is -0.379 e. The van der Waals surface area contributed by atoms with E-state index in [0.29, 0.717) is 37.6 Å². The van der Waals surface area contributed by atoms with Crippen LogP contribution in [0.15, 0.2) is 53.4 Å². The number of carbonyl (C=O) groups excluding carboxylic acids is 1. The lowest BCUT2D eigenvalue weighted by Crippen LogP contribution is -2.40. The molecule has 6 nitrogen and oxygen atoms in total. The van der Waals surface area contributed by atoms with Gasteiger partial charge in [-0.05, 0) is 31.2 Å². The molecule has 0 aromatic heterocycles. The highest BCUT2D eigenvalue weighted by Gasteiger charge is 2.26. The quantitative estimate of drug-likeness (QED) is 0.786. The molecular formula is C19H22N2O4S. The summed E-state index contributed by atoms with van der Waals surface area (Å²) in [6.07, 6.45) is 0. The molecular weight excluding hydrogens is 352 g/mol. The predicted molar refractivity (Wildman–Crippen MR) is 100 cm³/mol. The summed E-state index contributed by atoms with van der Waals surface area (Å²) in [6, 6.07) is 13.9. The summed E-state index contributed by atoms with van der Waals surface area (Å²) < 4.78 is 31.8. The van der Waals surface area contributed by atoms with Crippen molar-refractivity contribution in [2.24, 2.45) is 0 Å². The second-order valence-corrected chi connectivity index (χ2v) is 8.12. The van der Waals surface area contributed by atoms with Crippen LogP contribution in [0.3, 0.4) is 0 Å². The van der Waals surface area contributed by atoms with Gasteiger partial charge in [0.15, 0.2) is 5.78 Å². The van der Waals surface area contributed by atoms with Gasteiger partial charge in [-0.1, -0.05) is 29.8 Å². The second-order valence-electron chi connectivity index (χ2n) is 6.18. The van der Waals surface area contributed by atoms with Gasteiger partial charge in [0, 0.05) is 24.3 Å². The van der Waals surface area contributed by atoms with Crippen LogP contribution >= 0.6 is 0 Å². The van der Waals surface area contributed by atoms with Crippen LogP contribution in [0.25, 0.3) is 0 Å². The van der Waals surface area contributed by atoms with Crippen molar-refractivity contribution in [1.29, 1.82) is 0 Å². The van der Waals surface area contributed by atoms with Crippen LogP contribution < -0.4 is 5.32 Å². The van der Waals surface area contributed by atoms with Gasteiger partial charge in [-0.3, -0.25) is 4.79 Å². The number of ether oxygens (including phenoxy) is 1. The summed E-state index contributed by atoms with van der Waals surface area (Å²) in [4.78, 5) is 12.4. The zero-order chi connectivity index (χ0) is 18.6. The summed E-state index contributed by atoms with van der Waals surface area (Å²) in [5.41, 5.74) is 2.45. The third-order valence-corrected chi connectivity index (χ3v) is 6.20. The van der Waals surface area contributed by atoms with Gasteiger partial charge in [-0.15, -0.1) is 0 Å². The molecule has 0 unspecified atom stereocenters. The van der Waals surface area contributed by atoms with Crippen LogP contribution in [-0.4, -0.2) is 51.4 Å². The Morgan fingerprint density at radius 1 is 1.04 bits per heavy atom. The predicted octanol–water partition coefficient (Wildman–Crippen LogP) is 2.31. The van der Waals surface area contributed by atoms with E-state index in [2.05, 4.69) is 5.32 Å². The number of rotatable bonds is 6. The van der Waals surface area contributed by atoms with E-state index in [1.165, 1.54) is 4.31 Å². The first kappa shape index (κ1) is 18.6. The molecule has 0 spiro atoms. The molecule has 0 bridgehead atoms. The van der Waals surface area contributed by atoms with Gasteiger partial charge >= 0.3 is 0 Å². The number of anilines is 1. The summed E-state index contributed by atoms with van der Waals surface area (Å²) in [5.74, 6) is -0.0185. The van der Waals surface area contributed by atoms with Crippen LogP contribution in [0.5, 0.6) is 0 Å². The van der Waals surface area contributed by atoms with Crippen LogP contribution in [0.1, 0.15) is 15.9 Å². The van der Waals surface area contributed by atoms with Gasteiger partial charge in [0.2, 0.25) is 10.0 Å². The largest absolute Gasteiger partial charge is 0.379 e. The highest BCUT2D eigenvalue weighted by atomic mass is 32.2. The fourth-order valence-electron chi connectivity index (χ4n) is 2.70. The number of sulfonamides is 1. The van der Waals surface area contributed by atoms with Crippen molar-refractivity contribution in [2.75, 3.05) is 38.2 Å². The van der Waals surface area contributed by atoms with E-state index in [1.807, 2.05) is 19.1 Å². The van der Waals surface area contributed by atoms with E-state index < -0.39 is 10.0 Å². The number of hydrogen-bond donors (Lipinski definition) is 1. The van der Waals surface area contributed by atoms with Crippen molar-refractivity contribution in [3.8, 4) is 0 Å². The fourth-order valence-corrected chi connectivity index (χ4v) is 4.11. The molecule has 0 atom stereocenters. The zero-order valence-corrected chi connectivity index (χ0v) is 15.5. The molecule has 1 N–H and O–H groups in total. The molecule has 1 fully saturated rings. The number of carbonyl (C=O) groups is 1. The fraction of sp³-hybridized carbons (Fsp3) is 0.316. The molecule has 0 radical (unpaired) electrons. The van der Waals surface area contributed by atoms with Crippen LogP contribution in [-0.2, 0) is 14.8 Å². The molecule has 0 aliphatic carbocycles. The summed E-state index contributed by atoms with van der Waals surface area (Å²) >= 11 is 0. The van der Waals surface area contributed by atoms with Gasteiger partial charge < -0.3 is 10.1 Å². The summed E-state index contributed by atoms with van der Waals surface area (Å²) in [5, 5.41) is 3.04. The molecule has 2 aromatic carbocycles. The van der Waals surface area contributed by atoms with E-state index in [0.717, 1.165) is 5.56 Å². The standard InChI is InChI=1S/C19H22N2O4S/c1-15-2-4-16(5-3-15)19(22)14-20-17-6-8-18(9-7-17)26(23,24)21-10-12-25-13-11-21/h2-9,20H,10-14H2,1H3. The van der Waals surface area contributed by atoms with Crippen molar-refractivity contribution in [2.45, 2.75) is 11.8 Å². The lowest BCUT2D eigenvalue weighted by molar-refractivity contribution is 0.0730. The topological polar surface area (TPSA) is 75.7 Å². The molecule has 1 saturated heterocycles. The van der Waals surface area contributed by atoms with E-state index in [4.69, 9.17) is 4.74 Å². The molecule has 1 heterocycles. The van der Waals surface area contributed by atoms with Crippen molar-refractivity contribution < 1.29 is 17.9 Å². The Morgan fingerprint density at radius 2 is 1.65 bits per heavy atom. The first-order chi connectivity index (χ1) is 12.5. The molecule has 138 valence electrons.